The smallest absolute Gasteiger partial charge is 0.205 e. The fourth-order valence-electron chi connectivity index (χ4n) is 1.52. The zero-order valence-corrected chi connectivity index (χ0v) is 10.8. The van der Waals surface area contributed by atoms with Gasteiger partial charge in [0.15, 0.2) is 0 Å². The second-order valence-electron chi connectivity index (χ2n) is 3.84. The van der Waals surface area contributed by atoms with Crippen LogP contribution in [0.3, 0.4) is 0 Å². The van der Waals surface area contributed by atoms with Crippen LogP contribution in [-0.2, 0) is 13.1 Å². The Kier molecular flexibility index (Phi) is 4.11. The van der Waals surface area contributed by atoms with E-state index in [1.807, 2.05) is 13.0 Å². The van der Waals surface area contributed by atoms with Crippen LogP contribution >= 0.6 is 11.3 Å². The lowest BCUT2D eigenvalue weighted by Gasteiger charge is -2.12. The number of hydrogen-bond acceptors (Lipinski definition) is 6. The second-order valence-corrected chi connectivity index (χ2v) is 4.90. The van der Waals surface area contributed by atoms with E-state index in [2.05, 4.69) is 27.5 Å². The summed E-state index contributed by atoms with van der Waals surface area (Å²) in [5, 5.41) is 13.3. The van der Waals surface area contributed by atoms with E-state index in [1.165, 1.54) is 5.56 Å². The Morgan fingerprint density at radius 3 is 3.00 bits per heavy atom. The van der Waals surface area contributed by atoms with Crippen molar-refractivity contribution in [3.8, 4) is 0 Å². The Balaban J connectivity index is 1.86. The largest absolute Gasteiger partial charge is 0.472 e. The molecule has 92 valence electrons. The SMILES string of the molecule is CCNc1nnc(CN(C)Cc2ccoc2)s1. The minimum Gasteiger partial charge on any atom is -0.472 e. The first kappa shape index (κ1) is 12.1. The average molecular weight is 252 g/mol. The fourth-order valence-corrected chi connectivity index (χ4v) is 2.41. The maximum Gasteiger partial charge on any atom is 0.205 e. The molecule has 0 aliphatic carbocycles. The topological polar surface area (TPSA) is 54.2 Å². The first-order chi connectivity index (χ1) is 8.28. The van der Waals surface area contributed by atoms with Crippen molar-refractivity contribution in [3.63, 3.8) is 0 Å². The van der Waals surface area contributed by atoms with Gasteiger partial charge in [0.05, 0.1) is 19.1 Å². The molecule has 2 rings (SSSR count). The van der Waals surface area contributed by atoms with Gasteiger partial charge in [-0.3, -0.25) is 4.90 Å². The van der Waals surface area contributed by atoms with Crippen LogP contribution in [0.25, 0.3) is 0 Å². The van der Waals surface area contributed by atoms with E-state index in [4.69, 9.17) is 4.42 Å². The first-order valence-electron chi connectivity index (χ1n) is 5.53. The molecule has 0 saturated heterocycles. The minimum absolute atomic E-state index is 0.800. The summed E-state index contributed by atoms with van der Waals surface area (Å²) in [5.41, 5.74) is 1.17. The Morgan fingerprint density at radius 1 is 1.41 bits per heavy atom. The highest BCUT2D eigenvalue weighted by Gasteiger charge is 2.07. The van der Waals surface area contributed by atoms with Crippen molar-refractivity contribution in [1.29, 1.82) is 0 Å². The fraction of sp³-hybridized carbons (Fsp3) is 0.455. The van der Waals surface area contributed by atoms with Gasteiger partial charge in [0.1, 0.15) is 5.01 Å². The molecule has 0 amide bonds. The first-order valence-corrected chi connectivity index (χ1v) is 6.35. The Hall–Kier alpha value is -1.40. The number of aromatic nitrogens is 2. The van der Waals surface area contributed by atoms with E-state index >= 15 is 0 Å². The van der Waals surface area contributed by atoms with Crippen molar-refractivity contribution >= 4 is 16.5 Å². The normalized spacial score (nSPS) is 11.0. The van der Waals surface area contributed by atoms with Crippen LogP contribution in [0.4, 0.5) is 5.13 Å². The average Bonchev–Trinajstić information content (AvgIpc) is 2.91. The summed E-state index contributed by atoms with van der Waals surface area (Å²) in [7, 11) is 2.06. The van der Waals surface area contributed by atoms with E-state index in [0.29, 0.717) is 0 Å². The van der Waals surface area contributed by atoms with Gasteiger partial charge in [-0.2, -0.15) is 0 Å². The third-order valence-corrected chi connectivity index (χ3v) is 3.10. The van der Waals surface area contributed by atoms with E-state index in [-0.39, 0.29) is 0 Å². The lowest BCUT2D eigenvalue weighted by molar-refractivity contribution is 0.316. The highest BCUT2D eigenvalue weighted by molar-refractivity contribution is 7.15. The number of hydrogen-bond donors (Lipinski definition) is 1. The molecule has 0 aliphatic heterocycles. The van der Waals surface area contributed by atoms with Crippen LogP contribution in [0, 0.1) is 0 Å². The quantitative estimate of drug-likeness (QED) is 0.854. The summed E-state index contributed by atoms with van der Waals surface area (Å²) in [6, 6.07) is 1.97. The van der Waals surface area contributed by atoms with Crippen molar-refractivity contribution in [3.05, 3.63) is 29.2 Å². The molecule has 2 heterocycles. The predicted octanol–water partition coefficient (Wildman–Crippen LogP) is 2.19. The van der Waals surface area contributed by atoms with Crippen molar-refractivity contribution in [2.45, 2.75) is 20.0 Å². The molecular weight excluding hydrogens is 236 g/mol. The van der Waals surface area contributed by atoms with Gasteiger partial charge in [0.25, 0.3) is 0 Å². The van der Waals surface area contributed by atoms with Gasteiger partial charge in [0.2, 0.25) is 5.13 Å². The number of rotatable bonds is 6. The van der Waals surface area contributed by atoms with Gasteiger partial charge in [-0.15, -0.1) is 10.2 Å². The number of nitrogens with one attached hydrogen (secondary N) is 1. The van der Waals surface area contributed by atoms with Crippen LogP contribution < -0.4 is 5.32 Å². The minimum atomic E-state index is 0.800. The Morgan fingerprint density at radius 2 is 2.29 bits per heavy atom. The third-order valence-electron chi connectivity index (χ3n) is 2.23. The van der Waals surface area contributed by atoms with Gasteiger partial charge in [-0.05, 0) is 20.0 Å². The van der Waals surface area contributed by atoms with Crippen molar-refractivity contribution in [2.24, 2.45) is 0 Å². The highest BCUT2D eigenvalue weighted by atomic mass is 32.1. The van der Waals surface area contributed by atoms with Crippen LogP contribution in [0.2, 0.25) is 0 Å². The Labute approximate surface area is 104 Å². The number of nitrogens with zero attached hydrogens (tertiary/aromatic N) is 3. The third kappa shape index (κ3) is 3.54. The van der Waals surface area contributed by atoms with Gasteiger partial charge in [-0.1, -0.05) is 11.3 Å². The molecule has 5 nitrogen and oxygen atoms in total. The molecule has 0 fully saturated rings. The molecule has 0 aliphatic rings. The van der Waals surface area contributed by atoms with Crippen LogP contribution in [0.1, 0.15) is 17.5 Å². The van der Waals surface area contributed by atoms with Crippen molar-refractivity contribution in [1.82, 2.24) is 15.1 Å². The van der Waals surface area contributed by atoms with Gasteiger partial charge < -0.3 is 9.73 Å². The highest BCUT2D eigenvalue weighted by Crippen LogP contribution is 2.17. The van der Waals surface area contributed by atoms with Gasteiger partial charge in [-0.25, -0.2) is 0 Å². The summed E-state index contributed by atoms with van der Waals surface area (Å²) < 4.78 is 5.04. The van der Waals surface area contributed by atoms with E-state index < -0.39 is 0 Å². The molecule has 17 heavy (non-hydrogen) atoms. The molecule has 2 aromatic rings. The van der Waals surface area contributed by atoms with Gasteiger partial charge in [0, 0.05) is 18.7 Å². The monoisotopic (exact) mass is 252 g/mol. The lowest BCUT2D eigenvalue weighted by Crippen LogP contribution is -2.16. The van der Waals surface area contributed by atoms with Crippen LogP contribution in [-0.4, -0.2) is 28.7 Å². The molecule has 0 atom stereocenters. The summed E-state index contributed by atoms with van der Waals surface area (Å²) in [4.78, 5) is 2.18. The maximum atomic E-state index is 5.04. The van der Waals surface area contributed by atoms with E-state index in [0.717, 1.165) is 29.8 Å². The molecule has 2 aromatic heterocycles. The summed E-state index contributed by atoms with van der Waals surface area (Å²) in [5.74, 6) is 0. The molecule has 0 aromatic carbocycles. The summed E-state index contributed by atoms with van der Waals surface area (Å²) >= 11 is 1.60. The van der Waals surface area contributed by atoms with Crippen LogP contribution in [0.5, 0.6) is 0 Å². The molecule has 0 bridgehead atoms. The van der Waals surface area contributed by atoms with Crippen molar-refractivity contribution < 1.29 is 4.42 Å². The Bertz CT molecular complexity index is 440. The lowest BCUT2D eigenvalue weighted by atomic mass is 10.3. The maximum absolute atomic E-state index is 5.04. The summed E-state index contributed by atoms with van der Waals surface area (Å²) in [6.07, 6.45) is 3.46. The number of anilines is 1. The second kappa shape index (κ2) is 5.79. The zero-order valence-electron chi connectivity index (χ0n) is 10.0. The standard InChI is InChI=1S/C11H16N4OS/c1-3-12-11-14-13-10(17-11)7-15(2)6-9-4-5-16-8-9/h4-5,8H,3,6-7H2,1-2H3,(H,12,14). The molecule has 0 saturated carbocycles. The zero-order chi connectivity index (χ0) is 12.1. The number of furan rings is 1. The molecular formula is C11H16N4OS. The molecule has 6 heteroatoms. The van der Waals surface area contributed by atoms with E-state index in [1.54, 1.807) is 23.9 Å². The molecule has 0 radical (unpaired) electrons. The van der Waals surface area contributed by atoms with E-state index in [9.17, 15) is 0 Å². The van der Waals surface area contributed by atoms with Crippen LogP contribution in [0.15, 0.2) is 23.0 Å². The van der Waals surface area contributed by atoms with Gasteiger partial charge >= 0.3 is 0 Å². The molecule has 0 spiro atoms. The molecule has 0 unspecified atom stereocenters. The van der Waals surface area contributed by atoms with Crippen molar-refractivity contribution in [2.75, 3.05) is 18.9 Å². The summed E-state index contributed by atoms with van der Waals surface area (Å²) in [6.45, 7) is 4.58. The predicted molar refractivity (Wildman–Crippen MR) is 68.0 cm³/mol. The molecule has 1 N–H and O–H groups in total.